The Labute approximate surface area is 120 Å². The number of nitrogens with one attached hydrogen (secondary N) is 1. The lowest BCUT2D eigenvalue weighted by atomic mass is 10.1. The lowest BCUT2D eigenvalue weighted by molar-refractivity contribution is 0.0941. The van der Waals surface area contributed by atoms with Gasteiger partial charge >= 0.3 is 0 Å². The summed E-state index contributed by atoms with van der Waals surface area (Å²) in [6.07, 6.45) is 0. The molecule has 0 spiro atoms. The van der Waals surface area contributed by atoms with Crippen LogP contribution >= 0.6 is 0 Å². The summed E-state index contributed by atoms with van der Waals surface area (Å²) >= 11 is 0. The van der Waals surface area contributed by atoms with Crippen LogP contribution in [-0.2, 0) is 0 Å². The average molecular weight is 276 g/mol. The van der Waals surface area contributed by atoms with Gasteiger partial charge in [-0.3, -0.25) is 9.69 Å². The first-order valence-electron chi connectivity index (χ1n) is 7.11. The third-order valence-electron chi connectivity index (χ3n) is 3.85. The van der Waals surface area contributed by atoms with Crippen LogP contribution in [0.5, 0.6) is 0 Å². The summed E-state index contributed by atoms with van der Waals surface area (Å²) in [6, 6.07) is 5.43. The molecule has 1 amide bonds. The molecule has 1 heterocycles. The van der Waals surface area contributed by atoms with Gasteiger partial charge in [-0.15, -0.1) is 0 Å². The smallest absolute Gasteiger partial charge is 0.251 e. The third kappa shape index (κ3) is 3.95. The van der Waals surface area contributed by atoms with E-state index in [1.807, 2.05) is 19.1 Å². The van der Waals surface area contributed by atoms with Crippen LogP contribution in [0.25, 0.3) is 0 Å². The summed E-state index contributed by atoms with van der Waals surface area (Å²) in [6.45, 7) is 7.86. The molecule has 1 aliphatic rings. The number of carbonyl (C=O) groups is 1. The molecule has 1 aromatic carbocycles. The fourth-order valence-corrected chi connectivity index (χ4v) is 2.28. The molecule has 1 aliphatic heterocycles. The van der Waals surface area contributed by atoms with Crippen LogP contribution in [0.15, 0.2) is 18.2 Å². The maximum absolute atomic E-state index is 12.0. The van der Waals surface area contributed by atoms with E-state index in [4.69, 9.17) is 5.73 Å². The highest BCUT2D eigenvalue weighted by molar-refractivity contribution is 5.95. The zero-order chi connectivity index (χ0) is 14.5. The van der Waals surface area contributed by atoms with Gasteiger partial charge in [0, 0.05) is 50.5 Å². The summed E-state index contributed by atoms with van der Waals surface area (Å²) in [4.78, 5) is 16.7. The summed E-state index contributed by atoms with van der Waals surface area (Å²) < 4.78 is 0. The van der Waals surface area contributed by atoms with Crippen molar-refractivity contribution in [3.8, 4) is 0 Å². The van der Waals surface area contributed by atoms with Gasteiger partial charge in [-0.1, -0.05) is 6.07 Å². The number of likely N-dealkylation sites (N-methyl/N-ethyl adjacent to an activating group) is 1. The van der Waals surface area contributed by atoms with Gasteiger partial charge in [0.05, 0.1) is 0 Å². The van der Waals surface area contributed by atoms with E-state index in [1.54, 1.807) is 6.07 Å². The molecule has 0 atom stereocenters. The van der Waals surface area contributed by atoms with Crippen LogP contribution in [0.2, 0.25) is 0 Å². The van der Waals surface area contributed by atoms with Crippen LogP contribution < -0.4 is 11.1 Å². The van der Waals surface area contributed by atoms with Gasteiger partial charge in [-0.25, -0.2) is 0 Å². The van der Waals surface area contributed by atoms with E-state index in [9.17, 15) is 4.79 Å². The van der Waals surface area contributed by atoms with Gasteiger partial charge < -0.3 is 16.0 Å². The fraction of sp³-hybridized carbons (Fsp3) is 0.533. The van der Waals surface area contributed by atoms with Gasteiger partial charge in [0.25, 0.3) is 5.91 Å². The zero-order valence-corrected chi connectivity index (χ0v) is 12.4. The lowest BCUT2D eigenvalue weighted by Crippen LogP contribution is -2.46. The predicted molar refractivity (Wildman–Crippen MR) is 81.9 cm³/mol. The first-order valence-corrected chi connectivity index (χ1v) is 7.11. The maximum Gasteiger partial charge on any atom is 0.251 e. The quantitative estimate of drug-likeness (QED) is 0.789. The third-order valence-corrected chi connectivity index (χ3v) is 3.85. The molecule has 1 fully saturated rings. The van der Waals surface area contributed by atoms with Crippen LogP contribution in [-0.4, -0.2) is 62.0 Å². The van der Waals surface area contributed by atoms with Crippen molar-refractivity contribution in [3.05, 3.63) is 29.3 Å². The lowest BCUT2D eigenvalue weighted by Gasteiger charge is -2.32. The number of piperazine rings is 1. The highest BCUT2D eigenvalue weighted by Crippen LogP contribution is 2.12. The highest BCUT2D eigenvalue weighted by Gasteiger charge is 2.13. The Bertz CT molecular complexity index is 467. The highest BCUT2D eigenvalue weighted by atomic mass is 16.1. The van der Waals surface area contributed by atoms with E-state index in [0.29, 0.717) is 17.8 Å². The van der Waals surface area contributed by atoms with E-state index in [0.717, 1.165) is 38.3 Å². The van der Waals surface area contributed by atoms with E-state index < -0.39 is 0 Å². The van der Waals surface area contributed by atoms with Crippen molar-refractivity contribution in [1.29, 1.82) is 0 Å². The number of rotatable bonds is 4. The van der Waals surface area contributed by atoms with Crippen LogP contribution in [0.3, 0.4) is 0 Å². The monoisotopic (exact) mass is 276 g/mol. The Morgan fingerprint density at radius 3 is 2.65 bits per heavy atom. The number of carbonyl (C=O) groups excluding carboxylic acids is 1. The van der Waals surface area contributed by atoms with E-state index in [-0.39, 0.29) is 5.91 Å². The standard InChI is InChI=1S/C15H24N4O/c1-12-3-4-13(11-14(12)16)15(20)17-5-6-19-9-7-18(2)8-10-19/h3-4,11H,5-10,16H2,1-2H3,(H,17,20). The van der Waals surface area contributed by atoms with Gasteiger partial charge in [-0.05, 0) is 31.7 Å². The summed E-state index contributed by atoms with van der Waals surface area (Å²) in [5.74, 6) is -0.0502. The van der Waals surface area contributed by atoms with Crippen molar-refractivity contribution in [1.82, 2.24) is 15.1 Å². The number of amides is 1. The first-order chi connectivity index (χ1) is 9.56. The Morgan fingerprint density at radius 1 is 1.30 bits per heavy atom. The first kappa shape index (κ1) is 14.8. The number of hydrogen-bond acceptors (Lipinski definition) is 4. The molecule has 0 radical (unpaired) electrons. The second-order valence-corrected chi connectivity index (χ2v) is 5.47. The molecule has 3 N–H and O–H groups in total. The largest absolute Gasteiger partial charge is 0.398 e. The molecule has 0 unspecified atom stereocenters. The molecule has 2 rings (SSSR count). The second kappa shape index (κ2) is 6.72. The molecule has 0 saturated carbocycles. The zero-order valence-electron chi connectivity index (χ0n) is 12.4. The SMILES string of the molecule is Cc1ccc(C(=O)NCCN2CCN(C)CC2)cc1N. The summed E-state index contributed by atoms with van der Waals surface area (Å²) in [5, 5.41) is 2.95. The number of anilines is 1. The molecule has 0 aromatic heterocycles. The maximum atomic E-state index is 12.0. The number of aryl methyl sites for hydroxylation is 1. The minimum Gasteiger partial charge on any atom is -0.398 e. The molecular weight excluding hydrogens is 252 g/mol. The van der Waals surface area contributed by atoms with Crippen molar-refractivity contribution in [2.45, 2.75) is 6.92 Å². The second-order valence-electron chi connectivity index (χ2n) is 5.47. The molecule has 5 heteroatoms. The predicted octanol–water partition coefficient (Wildman–Crippen LogP) is 0.554. The minimum atomic E-state index is -0.0502. The number of benzene rings is 1. The summed E-state index contributed by atoms with van der Waals surface area (Å²) in [5.41, 5.74) is 8.12. The van der Waals surface area contributed by atoms with Gasteiger partial charge in [0.2, 0.25) is 0 Å². The van der Waals surface area contributed by atoms with Crippen molar-refractivity contribution in [2.75, 3.05) is 52.0 Å². The molecule has 0 aliphatic carbocycles. The molecular formula is C15H24N4O. The van der Waals surface area contributed by atoms with E-state index in [2.05, 4.69) is 22.2 Å². The fourth-order valence-electron chi connectivity index (χ4n) is 2.28. The van der Waals surface area contributed by atoms with E-state index >= 15 is 0 Å². The number of nitrogen functional groups attached to an aromatic ring is 1. The number of hydrogen-bond donors (Lipinski definition) is 2. The normalized spacial score (nSPS) is 17.1. The molecule has 110 valence electrons. The van der Waals surface area contributed by atoms with Crippen molar-refractivity contribution >= 4 is 11.6 Å². The minimum absolute atomic E-state index is 0.0502. The average Bonchev–Trinajstić information content (AvgIpc) is 2.44. The number of nitrogens with two attached hydrogens (primary N) is 1. The molecule has 0 bridgehead atoms. The van der Waals surface area contributed by atoms with Crippen molar-refractivity contribution in [3.63, 3.8) is 0 Å². The molecule has 5 nitrogen and oxygen atoms in total. The Morgan fingerprint density at radius 2 is 2.00 bits per heavy atom. The van der Waals surface area contributed by atoms with Crippen LogP contribution in [0, 0.1) is 6.92 Å². The Hall–Kier alpha value is -1.59. The van der Waals surface area contributed by atoms with Gasteiger partial charge in [0.15, 0.2) is 0 Å². The van der Waals surface area contributed by atoms with Crippen LogP contribution in [0.1, 0.15) is 15.9 Å². The number of nitrogens with zero attached hydrogens (tertiary/aromatic N) is 2. The van der Waals surface area contributed by atoms with Crippen LogP contribution in [0.4, 0.5) is 5.69 Å². The Kier molecular flexibility index (Phi) is 4.98. The molecule has 1 aromatic rings. The van der Waals surface area contributed by atoms with Crippen molar-refractivity contribution in [2.24, 2.45) is 0 Å². The summed E-state index contributed by atoms with van der Waals surface area (Å²) in [7, 11) is 2.14. The van der Waals surface area contributed by atoms with Gasteiger partial charge in [-0.2, -0.15) is 0 Å². The van der Waals surface area contributed by atoms with Gasteiger partial charge in [0.1, 0.15) is 0 Å². The van der Waals surface area contributed by atoms with Crippen molar-refractivity contribution < 1.29 is 4.79 Å². The molecule has 1 saturated heterocycles. The topological polar surface area (TPSA) is 61.6 Å². The molecule has 20 heavy (non-hydrogen) atoms. The van der Waals surface area contributed by atoms with E-state index in [1.165, 1.54) is 0 Å². The Balaban J connectivity index is 1.76.